The van der Waals surface area contributed by atoms with Crippen molar-refractivity contribution in [1.82, 2.24) is 4.90 Å². The van der Waals surface area contributed by atoms with E-state index in [0.717, 1.165) is 16.0 Å². The molecule has 0 spiro atoms. The van der Waals surface area contributed by atoms with Crippen LogP contribution in [0.5, 0.6) is 5.75 Å². The molecule has 1 unspecified atom stereocenters. The third-order valence-electron chi connectivity index (χ3n) is 3.74. The van der Waals surface area contributed by atoms with Gasteiger partial charge in [-0.3, -0.25) is 4.79 Å². The van der Waals surface area contributed by atoms with Crippen LogP contribution in [0.3, 0.4) is 0 Å². The number of benzene rings is 1. The number of aryl methyl sites for hydroxylation is 1. The summed E-state index contributed by atoms with van der Waals surface area (Å²) in [5.41, 5.74) is 2.03. The zero-order chi connectivity index (χ0) is 17.0. The van der Waals surface area contributed by atoms with E-state index in [-0.39, 0.29) is 18.4 Å². The minimum absolute atomic E-state index is 0.0605. The summed E-state index contributed by atoms with van der Waals surface area (Å²) in [6.07, 6.45) is -0.238. The molecule has 0 bridgehead atoms. The lowest BCUT2D eigenvalue weighted by atomic mass is 9.95. The second-order valence-corrected chi connectivity index (χ2v) is 5.49. The van der Waals surface area contributed by atoms with Crippen LogP contribution >= 0.6 is 0 Å². The lowest BCUT2D eigenvalue weighted by Crippen LogP contribution is -2.39. The highest BCUT2D eigenvalue weighted by molar-refractivity contribution is 5.91. The molecule has 122 valence electrons. The van der Waals surface area contributed by atoms with Gasteiger partial charge in [0.2, 0.25) is 5.91 Å². The van der Waals surface area contributed by atoms with Crippen LogP contribution in [0.2, 0.25) is 0 Å². The van der Waals surface area contributed by atoms with Crippen molar-refractivity contribution in [2.75, 3.05) is 13.2 Å². The van der Waals surface area contributed by atoms with Gasteiger partial charge >= 0.3 is 0 Å². The molecule has 1 aliphatic heterocycles. The summed E-state index contributed by atoms with van der Waals surface area (Å²) in [6.45, 7) is 2.88. The first kappa shape index (κ1) is 16.9. The van der Waals surface area contributed by atoms with Crippen LogP contribution in [0.4, 0.5) is 8.78 Å². The SMILES string of the molecule is Cc1cc(OCC#N)ccc1C1=CCC(C)C(=O)N1CC(F)F. The van der Waals surface area contributed by atoms with E-state index >= 15 is 0 Å². The quantitative estimate of drug-likeness (QED) is 0.836. The van der Waals surface area contributed by atoms with Gasteiger partial charge < -0.3 is 9.64 Å². The lowest BCUT2D eigenvalue weighted by Gasteiger charge is -2.32. The number of nitrogens with zero attached hydrogens (tertiary/aromatic N) is 2. The maximum Gasteiger partial charge on any atom is 0.256 e. The second-order valence-electron chi connectivity index (χ2n) is 5.49. The van der Waals surface area contributed by atoms with Crippen molar-refractivity contribution >= 4 is 11.6 Å². The van der Waals surface area contributed by atoms with Crippen molar-refractivity contribution in [2.24, 2.45) is 5.92 Å². The van der Waals surface area contributed by atoms with Gasteiger partial charge in [-0.15, -0.1) is 0 Å². The van der Waals surface area contributed by atoms with E-state index in [4.69, 9.17) is 10.00 Å². The zero-order valence-corrected chi connectivity index (χ0v) is 13.1. The first-order valence-corrected chi connectivity index (χ1v) is 7.34. The Kier molecular flexibility index (Phi) is 5.32. The molecule has 0 aromatic heterocycles. The highest BCUT2D eigenvalue weighted by atomic mass is 19.3. The summed E-state index contributed by atoms with van der Waals surface area (Å²) in [7, 11) is 0. The predicted octanol–water partition coefficient (Wildman–Crippen LogP) is 3.37. The van der Waals surface area contributed by atoms with Gasteiger partial charge in [-0.2, -0.15) is 5.26 Å². The first-order chi connectivity index (χ1) is 10.9. The van der Waals surface area contributed by atoms with E-state index in [1.165, 1.54) is 0 Å². The smallest absolute Gasteiger partial charge is 0.256 e. The van der Waals surface area contributed by atoms with E-state index < -0.39 is 13.0 Å². The molecule has 0 aliphatic carbocycles. The molecule has 1 atom stereocenters. The highest BCUT2D eigenvalue weighted by Gasteiger charge is 2.30. The van der Waals surface area contributed by atoms with Crippen LogP contribution in [0.1, 0.15) is 24.5 Å². The summed E-state index contributed by atoms with van der Waals surface area (Å²) in [5.74, 6) is -0.0487. The third-order valence-corrected chi connectivity index (χ3v) is 3.74. The largest absolute Gasteiger partial charge is 0.479 e. The fraction of sp³-hybridized carbons (Fsp3) is 0.412. The fourth-order valence-electron chi connectivity index (χ4n) is 2.59. The van der Waals surface area contributed by atoms with Crippen LogP contribution in [0, 0.1) is 24.2 Å². The van der Waals surface area contributed by atoms with Gasteiger partial charge in [-0.25, -0.2) is 8.78 Å². The molecule has 1 aliphatic rings. The molecule has 0 radical (unpaired) electrons. The second kappa shape index (κ2) is 7.23. The summed E-state index contributed by atoms with van der Waals surface area (Å²) in [6, 6.07) is 7.02. The topological polar surface area (TPSA) is 53.3 Å². The molecule has 23 heavy (non-hydrogen) atoms. The van der Waals surface area contributed by atoms with Gasteiger partial charge in [0, 0.05) is 17.2 Å². The van der Waals surface area contributed by atoms with Crippen molar-refractivity contribution in [3.05, 3.63) is 35.4 Å². The van der Waals surface area contributed by atoms with Crippen LogP contribution in [-0.2, 0) is 4.79 Å². The Bertz CT molecular complexity index is 665. The van der Waals surface area contributed by atoms with E-state index in [2.05, 4.69) is 0 Å². The van der Waals surface area contributed by atoms with E-state index in [1.54, 1.807) is 25.1 Å². The number of hydrogen-bond acceptors (Lipinski definition) is 3. The molecule has 2 rings (SSSR count). The molecule has 0 N–H and O–H groups in total. The van der Waals surface area contributed by atoms with Crippen molar-refractivity contribution in [3.8, 4) is 11.8 Å². The van der Waals surface area contributed by atoms with Crippen molar-refractivity contribution in [3.63, 3.8) is 0 Å². The number of carbonyl (C=O) groups excluding carboxylic acids is 1. The summed E-state index contributed by atoms with van der Waals surface area (Å²) >= 11 is 0. The number of alkyl halides is 2. The average molecular weight is 320 g/mol. The summed E-state index contributed by atoms with van der Waals surface area (Å²) < 4.78 is 30.9. The van der Waals surface area contributed by atoms with Crippen LogP contribution in [0.25, 0.3) is 5.70 Å². The van der Waals surface area contributed by atoms with E-state index in [1.807, 2.05) is 19.1 Å². The van der Waals surface area contributed by atoms with Crippen LogP contribution < -0.4 is 4.74 Å². The van der Waals surface area contributed by atoms with Gasteiger partial charge in [0.15, 0.2) is 6.61 Å². The van der Waals surface area contributed by atoms with Crippen LogP contribution in [0.15, 0.2) is 24.3 Å². The van der Waals surface area contributed by atoms with Gasteiger partial charge in [-0.1, -0.05) is 13.0 Å². The Hall–Kier alpha value is -2.42. The molecule has 1 aromatic carbocycles. The third kappa shape index (κ3) is 3.86. The highest BCUT2D eigenvalue weighted by Crippen LogP contribution is 2.32. The van der Waals surface area contributed by atoms with E-state index in [9.17, 15) is 13.6 Å². The number of nitriles is 1. The maximum absolute atomic E-state index is 12.8. The van der Waals surface area contributed by atoms with Gasteiger partial charge in [0.1, 0.15) is 11.8 Å². The molecule has 1 heterocycles. The van der Waals surface area contributed by atoms with E-state index in [0.29, 0.717) is 17.9 Å². The molecule has 1 aromatic rings. The van der Waals surface area contributed by atoms with Crippen molar-refractivity contribution in [2.45, 2.75) is 26.7 Å². The first-order valence-electron chi connectivity index (χ1n) is 7.34. The number of ether oxygens (including phenoxy) is 1. The molecule has 0 saturated carbocycles. The lowest BCUT2D eigenvalue weighted by molar-refractivity contribution is -0.133. The Morgan fingerprint density at radius 2 is 2.22 bits per heavy atom. The van der Waals surface area contributed by atoms with Crippen molar-refractivity contribution in [1.29, 1.82) is 5.26 Å². The zero-order valence-electron chi connectivity index (χ0n) is 13.1. The number of amides is 1. The van der Waals surface area contributed by atoms with Gasteiger partial charge in [-0.05, 0) is 37.1 Å². The number of carbonyl (C=O) groups is 1. The summed E-state index contributed by atoms with van der Waals surface area (Å²) in [5, 5.41) is 8.53. The molecular formula is C17H18F2N2O2. The average Bonchev–Trinajstić information content (AvgIpc) is 2.50. The van der Waals surface area contributed by atoms with Crippen molar-refractivity contribution < 1.29 is 18.3 Å². The Labute approximate surface area is 134 Å². The monoisotopic (exact) mass is 320 g/mol. The Balaban J connectivity index is 2.34. The minimum atomic E-state index is -2.59. The molecule has 4 nitrogen and oxygen atoms in total. The predicted molar refractivity (Wildman–Crippen MR) is 81.8 cm³/mol. The van der Waals surface area contributed by atoms with Gasteiger partial charge in [0.25, 0.3) is 6.43 Å². The molecular weight excluding hydrogens is 302 g/mol. The standard InChI is InChI=1S/C17H18F2N2O2/c1-11-3-6-15(21(17(11)22)10-16(18)19)14-5-4-13(9-12(14)2)23-8-7-20/h4-6,9,11,16H,3,8,10H2,1-2H3. The number of rotatable bonds is 5. The molecule has 6 heteroatoms. The Morgan fingerprint density at radius 3 is 2.83 bits per heavy atom. The Morgan fingerprint density at radius 1 is 1.48 bits per heavy atom. The number of hydrogen-bond donors (Lipinski definition) is 0. The minimum Gasteiger partial charge on any atom is -0.479 e. The normalized spacial score (nSPS) is 17.9. The summed E-state index contributed by atoms with van der Waals surface area (Å²) in [4.78, 5) is 13.4. The fourth-order valence-corrected chi connectivity index (χ4v) is 2.59. The van der Waals surface area contributed by atoms with Crippen LogP contribution in [-0.4, -0.2) is 30.4 Å². The number of allylic oxidation sites excluding steroid dienone is 1. The molecule has 0 fully saturated rings. The molecule has 1 amide bonds. The maximum atomic E-state index is 12.8. The number of halogens is 2. The van der Waals surface area contributed by atoms with Gasteiger partial charge in [0.05, 0.1) is 6.54 Å². The molecule has 0 saturated heterocycles.